The van der Waals surface area contributed by atoms with E-state index in [9.17, 15) is 14.8 Å². The predicted octanol–water partition coefficient (Wildman–Crippen LogP) is 6.32. The van der Waals surface area contributed by atoms with Crippen molar-refractivity contribution < 1.29 is 24.3 Å². The van der Waals surface area contributed by atoms with Crippen molar-refractivity contribution in [3.8, 4) is 0 Å². The van der Waals surface area contributed by atoms with Crippen molar-refractivity contribution in [2.45, 2.75) is 58.3 Å². The number of carbonyl (C=O) groups excluding carboxylic acids is 2. The number of methoxy groups -OCH3 is 1. The van der Waals surface area contributed by atoms with Crippen LogP contribution >= 0.6 is 0 Å². The van der Waals surface area contributed by atoms with Crippen molar-refractivity contribution in [3.05, 3.63) is 100 Å². The Hall–Kier alpha value is -3.88. The quantitative estimate of drug-likeness (QED) is 0.163. The maximum absolute atomic E-state index is 13.6. The average Bonchev–Trinajstić information content (AvgIpc) is 3.07. The number of carbonyl (C=O) groups is 2. The van der Waals surface area contributed by atoms with Gasteiger partial charge < -0.3 is 19.7 Å². The molecule has 1 aromatic rings. The molecule has 2 aliphatic carbocycles. The van der Waals surface area contributed by atoms with E-state index in [1.165, 1.54) is 12.7 Å². The van der Waals surface area contributed by atoms with E-state index in [0.29, 0.717) is 34.1 Å². The van der Waals surface area contributed by atoms with Crippen LogP contribution in [0.4, 0.5) is 5.69 Å². The van der Waals surface area contributed by atoms with Gasteiger partial charge >= 0.3 is 11.9 Å². The molecule has 0 aromatic heterocycles. The second-order valence-corrected chi connectivity index (χ2v) is 12.1. The summed E-state index contributed by atoms with van der Waals surface area (Å²) >= 11 is 0. The fraction of sp³-hybridized carbons (Fsp3) is 0.444. The van der Waals surface area contributed by atoms with Gasteiger partial charge in [0, 0.05) is 23.4 Å². The lowest BCUT2D eigenvalue weighted by atomic mass is 9.61. The second-order valence-electron chi connectivity index (χ2n) is 12.1. The molecule has 8 heteroatoms. The lowest BCUT2D eigenvalue weighted by molar-refractivity contribution is -0.139. The number of anilines is 1. The number of rotatable bonds is 10. The zero-order valence-corrected chi connectivity index (χ0v) is 26.1. The van der Waals surface area contributed by atoms with E-state index in [4.69, 9.17) is 9.47 Å². The Morgan fingerprint density at radius 3 is 2.36 bits per heavy atom. The Bertz CT molecular complexity index is 1410. The van der Waals surface area contributed by atoms with Gasteiger partial charge in [-0.3, -0.25) is 10.7 Å². The summed E-state index contributed by atoms with van der Waals surface area (Å²) < 4.78 is 10.9. The molecule has 1 fully saturated rings. The first kappa shape index (κ1) is 31.5. The van der Waals surface area contributed by atoms with Gasteiger partial charge in [-0.15, -0.1) is 0 Å². The van der Waals surface area contributed by atoms with Crippen molar-refractivity contribution >= 4 is 17.6 Å². The van der Waals surface area contributed by atoms with E-state index in [1.54, 1.807) is 31.2 Å². The van der Waals surface area contributed by atoms with Crippen LogP contribution in [-0.4, -0.2) is 55.4 Å². The molecule has 1 aromatic carbocycles. The predicted molar refractivity (Wildman–Crippen MR) is 172 cm³/mol. The summed E-state index contributed by atoms with van der Waals surface area (Å²) in [6.45, 7) is 6.81. The third kappa shape index (κ3) is 6.61. The van der Waals surface area contributed by atoms with Gasteiger partial charge in [-0.1, -0.05) is 54.7 Å². The smallest absolute Gasteiger partial charge is 0.336 e. The van der Waals surface area contributed by atoms with E-state index in [2.05, 4.69) is 58.2 Å². The SMILES string of the molecule is COC(=O)C1=C(C)NC(C)=C(C(=O)OCCCN2CCC(C3=CCCC=C3)([C@@H]3C=CC=CC3)CC2)C1c1ccc(NO)cc1. The molecule has 234 valence electrons. The van der Waals surface area contributed by atoms with Crippen LogP contribution in [0.1, 0.15) is 63.9 Å². The molecule has 4 aliphatic rings. The number of hydrogen-bond acceptors (Lipinski definition) is 8. The first-order valence-electron chi connectivity index (χ1n) is 15.7. The van der Waals surface area contributed by atoms with Gasteiger partial charge in [0.15, 0.2) is 0 Å². The zero-order valence-electron chi connectivity index (χ0n) is 26.1. The zero-order chi connectivity index (χ0) is 31.1. The van der Waals surface area contributed by atoms with Crippen molar-refractivity contribution in [2.75, 3.05) is 38.8 Å². The minimum Gasteiger partial charge on any atom is -0.466 e. The molecule has 0 radical (unpaired) electrons. The monoisotopic (exact) mass is 599 g/mol. The number of hydrogen-bond donors (Lipinski definition) is 3. The van der Waals surface area contributed by atoms with Gasteiger partial charge in [0.25, 0.3) is 0 Å². The molecule has 44 heavy (non-hydrogen) atoms. The van der Waals surface area contributed by atoms with E-state index in [-0.39, 0.29) is 12.0 Å². The summed E-state index contributed by atoms with van der Waals surface area (Å²) in [7, 11) is 1.33. The lowest BCUT2D eigenvalue weighted by Gasteiger charge is -2.48. The van der Waals surface area contributed by atoms with Crippen LogP contribution in [0.3, 0.4) is 0 Å². The molecule has 2 aliphatic heterocycles. The van der Waals surface area contributed by atoms with Crippen LogP contribution < -0.4 is 10.8 Å². The third-order valence-corrected chi connectivity index (χ3v) is 9.62. The topological polar surface area (TPSA) is 100 Å². The van der Waals surface area contributed by atoms with Crippen molar-refractivity contribution in [3.63, 3.8) is 0 Å². The van der Waals surface area contributed by atoms with Gasteiger partial charge in [-0.25, -0.2) is 9.59 Å². The van der Waals surface area contributed by atoms with E-state index in [0.717, 1.165) is 63.7 Å². The van der Waals surface area contributed by atoms with E-state index in [1.807, 2.05) is 6.92 Å². The molecule has 0 saturated carbocycles. The number of nitrogens with zero attached hydrogens (tertiary/aromatic N) is 1. The summed E-state index contributed by atoms with van der Waals surface area (Å²) in [6.07, 6.45) is 22.6. The Morgan fingerprint density at radius 2 is 1.75 bits per heavy atom. The number of benzene rings is 1. The minimum atomic E-state index is -0.661. The molecular weight excluding hydrogens is 554 g/mol. The summed E-state index contributed by atoms with van der Waals surface area (Å²) in [4.78, 5) is 29.0. The van der Waals surface area contributed by atoms with Gasteiger partial charge in [0.2, 0.25) is 0 Å². The largest absolute Gasteiger partial charge is 0.466 e. The van der Waals surface area contributed by atoms with Gasteiger partial charge in [-0.2, -0.15) is 0 Å². The van der Waals surface area contributed by atoms with Crippen LogP contribution in [0.5, 0.6) is 0 Å². The van der Waals surface area contributed by atoms with Crippen molar-refractivity contribution in [2.24, 2.45) is 11.3 Å². The van der Waals surface area contributed by atoms with Crippen LogP contribution in [0, 0.1) is 11.3 Å². The summed E-state index contributed by atoms with van der Waals surface area (Å²) in [5.41, 5.74) is 7.04. The summed E-state index contributed by atoms with van der Waals surface area (Å²) in [5, 5.41) is 12.4. The van der Waals surface area contributed by atoms with E-state index < -0.39 is 17.9 Å². The Kier molecular flexibility index (Phi) is 10.2. The van der Waals surface area contributed by atoms with Crippen LogP contribution in [-0.2, 0) is 19.1 Å². The van der Waals surface area contributed by atoms with Crippen molar-refractivity contribution in [1.82, 2.24) is 10.2 Å². The lowest BCUT2D eigenvalue weighted by Crippen LogP contribution is -2.45. The molecular formula is C36H45N3O5. The molecule has 0 spiro atoms. The minimum absolute atomic E-state index is 0.183. The molecule has 0 amide bonds. The molecule has 1 unspecified atom stereocenters. The Morgan fingerprint density at radius 1 is 1.02 bits per heavy atom. The average molecular weight is 600 g/mol. The molecule has 5 rings (SSSR count). The highest BCUT2D eigenvalue weighted by Gasteiger charge is 2.42. The maximum atomic E-state index is 13.6. The first-order valence-corrected chi connectivity index (χ1v) is 15.7. The van der Waals surface area contributed by atoms with Crippen LogP contribution in [0.2, 0.25) is 0 Å². The number of nitrogens with one attached hydrogen (secondary N) is 2. The molecule has 0 bridgehead atoms. The molecule has 2 atom stereocenters. The molecule has 8 nitrogen and oxygen atoms in total. The highest BCUT2D eigenvalue weighted by Crippen LogP contribution is 2.49. The molecule has 2 heterocycles. The summed E-state index contributed by atoms with van der Waals surface area (Å²) in [6, 6.07) is 6.94. The normalized spacial score (nSPS) is 23.2. The highest BCUT2D eigenvalue weighted by atomic mass is 16.5. The number of piperidine rings is 1. The number of dihydropyridines is 1. The van der Waals surface area contributed by atoms with Crippen LogP contribution in [0.25, 0.3) is 0 Å². The number of likely N-dealkylation sites (tertiary alicyclic amines) is 1. The summed E-state index contributed by atoms with van der Waals surface area (Å²) in [5.74, 6) is -1.10. The van der Waals surface area contributed by atoms with E-state index >= 15 is 0 Å². The fourth-order valence-electron chi connectivity index (χ4n) is 7.28. The van der Waals surface area contributed by atoms with Gasteiger partial charge in [0.05, 0.1) is 36.5 Å². The number of allylic oxidation sites excluding steroid dienone is 10. The highest BCUT2D eigenvalue weighted by molar-refractivity contribution is 5.99. The number of esters is 2. The van der Waals surface area contributed by atoms with Crippen LogP contribution in [0.15, 0.2) is 94.9 Å². The van der Waals surface area contributed by atoms with Gasteiger partial charge in [-0.05, 0) is 94.6 Å². The molecule has 3 N–H and O–H groups in total. The standard InChI is InChI=1S/C36H45N3O5/c1-25-31(34(40)43-3)33(27-15-17-30(38-42)18-16-27)32(26(2)37-25)35(41)44-24-10-21-39-22-19-36(20-23-39,28-11-6-4-7-12-28)29-13-8-5-9-14-29/h4,6-8,11,13-18,28,33,37-38,42H,5,9-10,12,19-24H2,1-3H3/t28-,33?/m1/s1. The molecule has 1 saturated heterocycles. The van der Waals surface area contributed by atoms with Gasteiger partial charge in [0.1, 0.15) is 0 Å². The Labute approximate surface area is 260 Å². The fourth-order valence-corrected chi connectivity index (χ4v) is 7.28. The Balaban J connectivity index is 1.21. The third-order valence-electron chi connectivity index (χ3n) is 9.62. The number of ether oxygens (including phenoxy) is 2. The second kappa shape index (κ2) is 14.3. The maximum Gasteiger partial charge on any atom is 0.336 e. The first-order chi connectivity index (χ1) is 21.4. The van der Waals surface area contributed by atoms with Crippen molar-refractivity contribution in [1.29, 1.82) is 0 Å².